The summed E-state index contributed by atoms with van der Waals surface area (Å²) in [5.41, 5.74) is 1.78. The average molecular weight is 397 g/mol. The summed E-state index contributed by atoms with van der Waals surface area (Å²) in [4.78, 5) is 16.8. The summed E-state index contributed by atoms with van der Waals surface area (Å²) in [6.07, 6.45) is 2.75. The van der Waals surface area contributed by atoms with E-state index in [0.717, 1.165) is 35.9 Å². The molecule has 144 valence electrons. The fourth-order valence-electron chi connectivity index (χ4n) is 3.63. The van der Waals surface area contributed by atoms with Crippen molar-refractivity contribution in [1.29, 1.82) is 0 Å². The van der Waals surface area contributed by atoms with Gasteiger partial charge in [0.15, 0.2) is 11.5 Å². The average Bonchev–Trinajstić information content (AvgIpc) is 3.48. The van der Waals surface area contributed by atoms with E-state index in [2.05, 4.69) is 15.1 Å². The highest BCUT2D eigenvalue weighted by Crippen LogP contribution is 2.38. The standard InChI is InChI=1S/C20H21ClN6O/c21-16-5-1-14(2-6-16)13-19(28)26-11-9-25(10-12-26)18-8-7-17-22-23-20(15-3-4-15)27(17)24-18/h1-2,5-8,15H,3-4,9-13H2. The van der Waals surface area contributed by atoms with Crippen molar-refractivity contribution in [3.63, 3.8) is 0 Å². The van der Waals surface area contributed by atoms with Crippen molar-refractivity contribution in [3.8, 4) is 0 Å². The van der Waals surface area contributed by atoms with Gasteiger partial charge in [0.1, 0.15) is 5.82 Å². The van der Waals surface area contributed by atoms with E-state index >= 15 is 0 Å². The third-order valence-electron chi connectivity index (χ3n) is 5.44. The number of nitrogens with zero attached hydrogens (tertiary/aromatic N) is 6. The van der Waals surface area contributed by atoms with Crippen molar-refractivity contribution in [2.24, 2.45) is 0 Å². The second kappa shape index (κ2) is 7.05. The Balaban J connectivity index is 1.24. The van der Waals surface area contributed by atoms with E-state index in [4.69, 9.17) is 16.7 Å². The highest BCUT2D eigenvalue weighted by molar-refractivity contribution is 6.30. The number of benzene rings is 1. The molecule has 2 aliphatic rings. The van der Waals surface area contributed by atoms with Gasteiger partial charge in [0.25, 0.3) is 0 Å². The number of carbonyl (C=O) groups is 1. The SMILES string of the molecule is O=C(Cc1ccc(Cl)cc1)N1CCN(c2ccc3nnc(C4CC4)n3n2)CC1. The molecule has 0 spiro atoms. The van der Waals surface area contributed by atoms with Crippen LogP contribution in [-0.4, -0.2) is 56.8 Å². The van der Waals surface area contributed by atoms with Crippen molar-refractivity contribution in [3.05, 3.63) is 52.8 Å². The first-order valence-electron chi connectivity index (χ1n) is 9.67. The smallest absolute Gasteiger partial charge is 0.227 e. The largest absolute Gasteiger partial charge is 0.352 e. The maximum Gasteiger partial charge on any atom is 0.227 e. The Labute approximate surface area is 167 Å². The molecule has 0 N–H and O–H groups in total. The zero-order valence-electron chi connectivity index (χ0n) is 15.5. The molecule has 0 unspecified atom stereocenters. The Hall–Kier alpha value is -2.67. The Morgan fingerprint density at radius 1 is 1.00 bits per heavy atom. The van der Waals surface area contributed by atoms with Crippen LogP contribution < -0.4 is 4.90 Å². The third kappa shape index (κ3) is 3.42. The van der Waals surface area contributed by atoms with Gasteiger partial charge in [-0.25, -0.2) is 0 Å². The molecule has 1 saturated carbocycles. The lowest BCUT2D eigenvalue weighted by atomic mass is 10.1. The number of carbonyl (C=O) groups excluding carboxylic acids is 1. The predicted octanol–water partition coefficient (Wildman–Crippen LogP) is 2.55. The Morgan fingerprint density at radius 3 is 2.46 bits per heavy atom. The molecule has 1 aliphatic carbocycles. The fraction of sp³-hybridized carbons (Fsp3) is 0.400. The van der Waals surface area contributed by atoms with Crippen molar-refractivity contribution < 1.29 is 4.79 Å². The minimum atomic E-state index is 0.153. The molecule has 2 fully saturated rings. The topological polar surface area (TPSA) is 66.6 Å². The van der Waals surface area contributed by atoms with Gasteiger partial charge in [-0.1, -0.05) is 23.7 Å². The maximum absolute atomic E-state index is 12.6. The summed E-state index contributed by atoms with van der Waals surface area (Å²) in [5.74, 6) is 2.54. The Morgan fingerprint density at radius 2 is 1.75 bits per heavy atom. The number of amides is 1. The van der Waals surface area contributed by atoms with Crippen molar-refractivity contribution in [2.45, 2.75) is 25.2 Å². The first-order chi connectivity index (χ1) is 13.7. The predicted molar refractivity (Wildman–Crippen MR) is 107 cm³/mol. The molecule has 1 saturated heterocycles. The molecule has 0 radical (unpaired) electrons. The number of piperazine rings is 1. The molecule has 0 bridgehead atoms. The molecule has 7 nitrogen and oxygen atoms in total. The molecule has 2 aromatic heterocycles. The second-order valence-electron chi connectivity index (χ2n) is 7.47. The van der Waals surface area contributed by atoms with Crippen LogP contribution in [0.15, 0.2) is 36.4 Å². The summed E-state index contributed by atoms with van der Waals surface area (Å²) < 4.78 is 1.88. The van der Waals surface area contributed by atoms with Crippen LogP contribution in [0.1, 0.15) is 30.1 Å². The van der Waals surface area contributed by atoms with Crippen LogP contribution in [0.5, 0.6) is 0 Å². The summed E-state index contributed by atoms with van der Waals surface area (Å²) in [6.45, 7) is 2.94. The van der Waals surface area contributed by atoms with E-state index in [-0.39, 0.29) is 5.91 Å². The molecule has 28 heavy (non-hydrogen) atoms. The summed E-state index contributed by atoms with van der Waals surface area (Å²) in [5, 5.41) is 14.0. The number of hydrogen-bond acceptors (Lipinski definition) is 5. The minimum Gasteiger partial charge on any atom is -0.352 e. The third-order valence-corrected chi connectivity index (χ3v) is 5.69. The molecule has 8 heteroatoms. The van der Waals surface area contributed by atoms with E-state index in [9.17, 15) is 4.79 Å². The van der Waals surface area contributed by atoms with Crippen molar-refractivity contribution in [1.82, 2.24) is 24.7 Å². The van der Waals surface area contributed by atoms with Crippen molar-refractivity contribution >= 4 is 29.0 Å². The molecule has 3 aromatic rings. The monoisotopic (exact) mass is 396 g/mol. The molecular weight excluding hydrogens is 376 g/mol. The van der Waals surface area contributed by atoms with Crippen LogP contribution in [-0.2, 0) is 11.2 Å². The van der Waals surface area contributed by atoms with Crippen LogP contribution in [0.2, 0.25) is 5.02 Å². The van der Waals surface area contributed by atoms with Gasteiger partial charge in [-0.2, -0.15) is 4.52 Å². The molecule has 1 amide bonds. The highest BCUT2D eigenvalue weighted by atomic mass is 35.5. The van der Waals surface area contributed by atoms with E-state index in [1.807, 2.05) is 45.8 Å². The summed E-state index contributed by atoms with van der Waals surface area (Å²) in [6, 6.07) is 11.4. The first-order valence-corrected chi connectivity index (χ1v) is 10.0. The zero-order chi connectivity index (χ0) is 19.1. The fourth-order valence-corrected chi connectivity index (χ4v) is 3.76. The van der Waals surface area contributed by atoms with Gasteiger partial charge in [-0.15, -0.1) is 15.3 Å². The minimum absolute atomic E-state index is 0.153. The quantitative estimate of drug-likeness (QED) is 0.678. The number of anilines is 1. The van der Waals surface area contributed by atoms with Gasteiger partial charge in [0.05, 0.1) is 6.42 Å². The van der Waals surface area contributed by atoms with Crippen LogP contribution in [0.4, 0.5) is 5.82 Å². The second-order valence-corrected chi connectivity index (χ2v) is 7.90. The molecule has 0 atom stereocenters. The highest BCUT2D eigenvalue weighted by Gasteiger charge is 2.30. The van der Waals surface area contributed by atoms with Crippen LogP contribution >= 0.6 is 11.6 Å². The first kappa shape index (κ1) is 17.4. The van der Waals surface area contributed by atoms with Crippen LogP contribution in [0.3, 0.4) is 0 Å². The van der Waals surface area contributed by atoms with Gasteiger partial charge in [-0.05, 0) is 42.7 Å². The lowest BCUT2D eigenvalue weighted by Gasteiger charge is -2.35. The van der Waals surface area contributed by atoms with Crippen molar-refractivity contribution in [2.75, 3.05) is 31.1 Å². The van der Waals surface area contributed by atoms with E-state index in [0.29, 0.717) is 30.5 Å². The molecule has 3 heterocycles. The number of aromatic nitrogens is 4. The lowest BCUT2D eigenvalue weighted by Crippen LogP contribution is -2.49. The molecule has 5 rings (SSSR count). The van der Waals surface area contributed by atoms with Crippen LogP contribution in [0.25, 0.3) is 5.65 Å². The van der Waals surface area contributed by atoms with E-state index in [1.54, 1.807) is 0 Å². The Bertz CT molecular complexity index is 1010. The lowest BCUT2D eigenvalue weighted by molar-refractivity contribution is -0.130. The molecule has 1 aromatic carbocycles. The van der Waals surface area contributed by atoms with Crippen LogP contribution in [0, 0.1) is 0 Å². The molecule has 1 aliphatic heterocycles. The van der Waals surface area contributed by atoms with Gasteiger partial charge >= 0.3 is 0 Å². The number of hydrogen-bond donors (Lipinski definition) is 0. The maximum atomic E-state index is 12.6. The number of fused-ring (bicyclic) bond motifs is 1. The van der Waals surface area contributed by atoms with E-state index in [1.165, 1.54) is 12.8 Å². The number of halogens is 1. The summed E-state index contributed by atoms with van der Waals surface area (Å²) >= 11 is 5.91. The van der Waals surface area contributed by atoms with Gasteiger partial charge in [-0.3, -0.25) is 4.79 Å². The van der Waals surface area contributed by atoms with Gasteiger partial charge in [0, 0.05) is 37.1 Å². The normalized spacial score (nSPS) is 17.3. The zero-order valence-corrected chi connectivity index (χ0v) is 16.2. The summed E-state index contributed by atoms with van der Waals surface area (Å²) in [7, 11) is 0. The Kier molecular flexibility index (Phi) is 4.39. The number of rotatable bonds is 4. The van der Waals surface area contributed by atoms with Gasteiger partial charge in [0.2, 0.25) is 5.91 Å². The molecular formula is C20H21ClN6O. The van der Waals surface area contributed by atoms with Gasteiger partial charge < -0.3 is 9.80 Å². The van der Waals surface area contributed by atoms with E-state index < -0.39 is 0 Å².